The first kappa shape index (κ1) is 11.6. The van der Waals surface area contributed by atoms with Crippen LogP contribution < -0.4 is 5.32 Å². The summed E-state index contributed by atoms with van der Waals surface area (Å²) >= 11 is 5.99. The molecule has 4 heteroatoms. The summed E-state index contributed by atoms with van der Waals surface area (Å²) in [6, 6.07) is 11.5. The highest BCUT2D eigenvalue weighted by atomic mass is 35.5. The number of nitrogens with one attached hydrogen (secondary N) is 1. The van der Waals surface area contributed by atoms with Crippen molar-refractivity contribution in [1.29, 1.82) is 0 Å². The molecule has 0 aliphatic rings. The third kappa shape index (κ3) is 2.45. The summed E-state index contributed by atoms with van der Waals surface area (Å²) in [4.78, 5) is 10.2. The van der Waals surface area contributed by atoms with E-state index >= 15 is 0 Å². The van der Waals surface area contributed by atoms with Crippen molar-refractivity contribution >= 4 is 23.7 Å². The topological polar surface area (TPSA) is 29.1 Å². The molecule has 2 rings (SSSR count). The number of carbonyl (C=O) groups excluding carboxylic acids is 1. The van der Waals surface area contributed by atoms with Crippen molar-refractivity contribution in [2.24, 2.45) is 0 Å². The van der Waals surface area contributed by atoms with Gasteiger partial charge < -0.3 is 5.32 Å². The summed E-state index contributed by atoms with van der Waals surface area (Å²) < 4.78 is 13.8. The van der Waals surface area contributed by atoms with Gasteiger partial charge in [-0.1, -0.05) is 29.8 Å². The number of amides is 1. The Morgan fingerprint density at radius 1 is 1.12 bits per heavy atom. The minimum Gasteiger partial charge on any atom is -0.329 e. The second kappa shape index (κ2) is 4.97. The van der Waals surface area contributed by atoms with Crippen LogP contribution in [0.4, 0.5) is 10.1 Å². The van der Waals surface area contributed by atoms with E-state index in [1.807, 2.05) is 0 Å². The molecule has 1 amide bonds. The molecular weight excluding hydrogens is 241 g/mol. The summed E-state index contributed by atoms with van der Waals surface area (Å²) in [6.45, 7) is 0. The maximum absolute atomic E-state index is 13.8. The molecule has 2 aromatic rings. The monoisotopic (exact) mass is 249 g/mol. The highest BCUT2D eigenvalue weighted by Crippen LogP contribution is 2.30. The predicted molar refractivity (Wildman–Crippen MR) is 66.5 cm³/mol. The molecule has 86 valence electrons. The van der Waals surface area contributed by atoms with Gasteiger partial charge in [0.2, 0.25) is 6.41 Å². The van der Waals surface area contributed by atoms with Gasteiger partial charge in [-0.25, -0.2) is 4.39 Å². The highest BCUT2D eigenvalue weighted by molar-refractivity contribution is 6.33. The molecule has 0 saturated carbocycles. The molecule has 0 fully saturated rings. The Morgan fingerprint density at radius 2 is 1.88 bits per heavy atom. The average Bonchev–Trinajstić information content (AvgIpc) is 2.31. The minimum absolute atomic E-state index is 0.409. The van der Waals surface area contributed by atoms with Gasteiger partial charge in [0.25, 0.3) is 0 Å². The molecule has 2 aromatic carbocycles. The fourth-order valence-corrected chi connectivity index (χ4v) is 1.81. The van der Waals surface area contributed by atoms with Crippen molar-refractivity contribution in [3.63, 3.8) is 0 Å². The van der Waals surface area contributed by atoms with Crippen LogP contribution in [0.1, 0.15) is 0 Å². The molecule has 0 heterocycles. The van der Waals surface area contributed by atoms with E-state index in [0.717, 1.165) is 0 Å². The van der Waals surface area contributed by atoms with Gasteiger partial charge in [0.15, 0.2) is 0 Å². The fourth-order valence-electron chi connectivity index (χ4n) is 1.57. The van der Waals surface area contributed by atoms with Gasteiger partial charge >= 0.3 is 0 Å². The van der Waals surface area contributed by atoms with Gasteiger partial charge in [0.05, 0.1) is 0 Å². The van der Waals surface area contributed by atoms with Gasteiger partial charge in [-0.3, -0.25) is 4.79 Å². The van der Waals surface area contributed by atoms with E-state index < -0.39 is 5.82 Å². The van der Waals surface area contributed by atoms with Gasteiger partial charge in [-0.05, 0) is 24.3 Å². The molecule has 2 nitrogen and oxygen atoms in total. The Balaban J connectivity index is 2.47. The normalized spacial score (nSPS) is 10.0. The number of hydrogen-bond donors (Lipinski definition) is 1. The summed E-state index contributed by atoms with van der Waals surface area (Å²) in [5.41, 5.74) is 1.45. The SMILES string of the molecule is O=CNc1ccc(-c2ccccc2Cl)c(F)c1. The fraction of sp³-hybridized carbons (Fsp3) is 0. The summed E-state index contributed by atoms with van der Waals surface area (Å²) in [7, 11) is 0. The minimum atomic E-state index is -0.426. The lowest BCUT2D eigenvalue weighted by Crippen LogP contribution is -1.95. The number of carbonyl (C=O) groups is 1. The highest BCUT2D eigenvalue weighted by Gasteiger charge is 2.08. The van der Waals surface area contributed by atoms with Crippen LogP contribution in [0.5, 0.6) is 0 Å². The van der Waals surface area contributed by atoms with Crippen molar-refractivity contribution in [1.82, 2.24) is 0 Å². The lowest BCUT2D eigenvalue weighted by atomic mass is 10.0. The van der Waals surface area contributed by atoms with Gasteiger partial charge in [0, 0.05) is 21.8 Å². The molecule has 0 bridgehead atoms. The number of rotatable bonds is 3. The van der Waals surface area contributed by atoms with Crippen LogP contribution in [0.15, 0.2) is 42.5 Å². The number of benzene rings is 2. The van der Waals surface area contributed by atoms with Crippen molar-refractivity contribution < 1.29 is 9.18 Å². The van der Waals surface area contributed by atoms with Crippen LogP contribution in [0.2, 0.25) is 5.02 Å². The molecule has 0 aliphatic heterocycles. The maximum atomic E-state index is 13.8. The quantitative estimate of drug-likeness (QED) is 0.826. The zero-order valence-electron chi connectivity index (χ0n) is 8.78. The second-order valence-corrected chi connectivity index (χ2v) is 3.84. The third-order valence-corrected chi connectivity index (χ3v) is 2.69. The third-order valence-electron chi connectivity index (χ3n) is 2.36. The second-order valence-electron chi connectivity index (χ2n) is 3.44. The molecule has 0 spiro atoms. The maximum Gasteiger partial charge on any atom is 0.211 e. The molecule has 0 saturated heterocycles. The first-order valence-electron chi connectivity index (χ1n) is 4.97. The Bertz CT molecular complexity index is 557. The van der Waals surface area contributed by atoms with Crippen molar-refractivity contribution in [2.45, 2.75) is 0 Å². The smallest absolute Gasteiger partial charge is 0.211 e. The first-order valence-corrected chi connectivity index (χ1v) is 5.35. The number of hydrogen-bond acceptors (Lipinski definition) is 1. The Kier molecular flexibility index (Phi) is 3.40. The van der Waals surface area contributed by atoms with E-state index in [-0.39, 0.29) is 0 Å². The summed E-state index contributed by atoms with van der Waals surface area (Å²) in [6.07, 6.45) is 0.504. The summed E-state index contributed by atoms with van der Waals surface area (Å²) in [5.74, 6) is -0.426. The van der Waals surface area contributed by atoms with Crippen LogP contribution in [-0.4, -0.2) is 6.41 Å². The largest absolute Gasteiger partial charge is 0.329 e. The standard InChI is InChI=1S/C13H9ClFNO/c14-12-4-2-1-3-10(12)11-6-5-9(16-8-17)7-13(11)15/h1-8H,(H,16,17). The van der Waals surface area contributed by atoms with Crippen LogP contribution >= 0.6 is 11.6 Å². The van der Waals surface area contributed by atoms with Crippen molar-refractivity contribution in [2.75, 3.05) is 5.32 Å². The molecule has 0 aromatic heterocycles. The van der Waals surface area contributed by atoms with E-state index in [0.29, 0.717) is 28.2 Å². The lowest BCUT2D eigenvalue weighted by molar-refractivity contribution is -0.105. The first-order chi connectivity index (χ1) is 8.22. The number of anilines is 1. The van der Waals surface area contributed by atoms with Gasteiger partial charge in [-0.2, -0.15) is 0 Å². The molecule has 17 heavy (non-hydrogen) atoms. The van der Waals surface area contributed by atoms with Gasteiger partial charge in [0.1, 0.15) is 5.82 Å². The molecular formula is C13H9ClFNO. The average molecular weight is 250 g/mol. The van der Waals surface area contributed by atoms with Crippen LogP contribution in [-0.2, 0) is 4.79 Å². The van der Waals surface area contributed by atoms with E-state index in [9.17, 15) is 9.18 Å². The lowest BCUT2D eigenvalue weighted by Gasteiger charge is -2.07. The van der Waals surface area contributed by atoms with Crippen molar-refractivity contribution in [3.8, 4) is 11.1 Å². The van der Waals surface area contributed by atoms with Gasteiger partial charge in [-0.15, -0.1) is 0 Å². The van der Waals surface area contributed by atoms with E-state index in [2.05, 4.69) is 5.32 Å². The zero-order valence-corrected chi connectivity index (χ0v) is 9.54. The predicted octanol–water partition coefficient (Wildman–Crippen LogP) is 3.71. The van der Waals surface area contributed by atoms with E-state index in [1.54, 1.807) is 36.4 Å². The Hall–Kier alpha value is -1.87. The van der Waals surface area contributed by atoms with Crippen molar-refractivity contribution in [3.05, 3.63) is 53.3 Å². The van der Waals surface area contributed by atoms with Crippen LogP contribution in [0.3, 0.4) is 0 Å². The zero-order chi connectivity index (χ0) is 12.3. The molecule has 0 atom stereocenters. The molecule has 0 unspecified atom stereocenters. The molecule has 1 N–H and O–H groups in total. The Morgan fingerprint density at radius 3 is 2.53 bits per heavy atom. The van der Waals surface area contributed by atoms with Crippen LogP contribution in [0, 0.1) is 5.82 Å². The van der Waals surface area contributed by atoms with E-state index in [4.69, 9.17) is 11.6 Å². The molecule has 0 radical (unpaired) electrons. The Labute approximate surface area is 103 Å². The number of halogens is 2. The van der Waals surface area contributed by atoms with Crippen LogP contribution in [0.25, 0.3) is 11.1 Å². The molecule has 0 aliphatic carbocycles. The summed E-state index contributed by atoms with van der Waals surface area (Å²) in [5, 5.41) is 2.88. The van der Waals surface area contributed by atoms with E-state index in [1.165, 1.54) is 6.07 Å².